The first-order valence-electron chi connectivity index (χ1n) is 9.95. The predicted molar refractivity (Wildman–Crippen MR) is 125 cm³/mol. The highest BCUT2D eigenvalue weighted by atomic mass is 35.5. The van der Waals surface area contributed by atoms with E-state index in [2.05, 4.69) is 20.5 Å². The SMILES string of the molecule is Cc1ccc(S(=O)(=O)N(CC(=O)NCCSc2n[nH]c(C)n2)Cc2c(F)cccc2Cl)cc1. The lowest BCUT2D eigenvalue weighted by Gasteiger charge is -2.23. The van der Waals surface area contributed by atoms with Crippen LogP contribution in [0.3, 0.4) is 0 Å². The molecule has 3 aromatic rings. The fourth-order valence-electron chi connectivity index (χ4n) is 2.88. The van der Waals surface area contributed by atoms with Crippen LogP contribution in [0.25, 0.3) is 0 Å². The van der Waals surface area contributed by atoms with Gasteiger partial charge >= 0.3 is 0 Å². The summed E-state index contributed by atoms with van der Waals surface area (Å²) in [6.07, 6.45) is 0. The minimum absolute atomic E-state index is 0.00168. The number of amides is 1. The number of benzene rings is 2. The van der Waals surface area contributed by atoms with Crippen molar-refractivity contribution in [3.63, 3.8) is 0 Å². The number of H-pyrrole nitrogens is 1. The number of aromatic amines is 1. The molecule has 1 aromatic heterocycles. The van der Waals surface area contributed by atoms with E-state index in [1.54, 1.807) is 19.1 Å². The first kappa shape index (κ1) is 25.2. The molecule has 176 valence electrons. The van der Waals surface area contributed by atoms with Gasteiger partial charge in [-0.2, -0.15) is 4.31 Å². The number of hydrogen-bond acceptors (Lipinski definition) is 6. The summed E-state index contributed by atoms with van der Waals surface area (Å²) in [5.74, 6) is 0.00722. The van der Waals surface area contributed by atoms with E-state index in [4.69, 9.17) is 11.6 Å². The summed E-state index contributed by atoms with van der Waals surface area (Å²) in [7, 11) is -4.10. The second-order valence-corrected chi connectivity index (χ2v) is 10.6. The van der Waals surface area contributed by atoms with Crippen molar-refractivity contribution in [1.29, 1.82) is 0 Å². The Morgan fingerprint density at radius 2 is 1.94 bits per heavy atom. The third kappa shape index (κ3) is 6.76. The van der Waals surface area contributed by atoms with Crippen molar-refractivity contribution in [2.45, 2.75) is 30.4 Å². The Morgan fingerprint density at radius 3 is 2.58 bits per heavy atom. The van der Waals surface area contributed by atoms with Crippen molar-refractivity contribution in [1.82, 2.24) is 24.8 Å². The van der Waals surface area contributed by atoms with Gasteiger partial charge in [0.25, 0.3) is 0 Å². The zero-order valence-electron chi connectivity index (χ0n) is 18.0. The Kier molecular flexibility index (Phi) is 8.46. The normalized spacial score (nSPS) is 11.7. The van der Waals surface area contributed by atoms with E-state index < -0.39 is 28.3 Å². The maximum atomic E-state index is 14.4. The fraction of sp³-hybridized carbons (Fsp3) is 0.286. The maximum Gasteiger partial charge on any atom is 0.243 e. The van der Waals surface area contributed by atoms with Crippen molar-refractivity contribution < 1.29 is 17.6 Å². The summed E-state index contributed by atoms with van der Waals surface area (Å²) in [5, 5.41) is 10.0. The molecule has 0 saturated carbocycles. The topological polar surface area (TPSA) is 108 Å². The number of thioether (sulfide) groups is 1. The minimum Gasteiger partial charge on any atom is -0.354 e. The molecule has 0 aliphatic carbocycles. The van der Waals surface area contributed by atoms with Gasteiger partial charge in [-0.3, -0.25) is 9.89 Å². The van der Waals surface area contributed by atoms with Crippen LogP contribution in [-0.4, -0.2) is 52.7 Å². The lowest BCUT2D eigenvalue weighted by molar-refractivity contribution is -0.121. The monoisotopic (exact) mass is 511 g/mol. The molecule has 8 nitrogen and oxygen atoms in total. The first-order chi connectivity index (χ1) is 15.7. The van der Waals surface area contributed by atoms with Gasteiger partial charge in [0, 0.05) is 29.4 Å². The van der Waals surface area contributed by atoms with Crippen LogP contribution in [0.1, 0.15) is 17.0 Å². The smallest absolute Gasteiger partial charge is 0.243 e. The highest BCUT2D eigenvalue weighted by Gasteiger charge is 2.28. The Morgan fingerprint density at radius 1 is 1.21 bits per heavy atom. The summed E-state index contributed by atoms with van der Waals surface area (Å²) in [5.41, 5.74) is 0.882. The molecule has 0 saturated heterocycles. The van der Waals surface area contributed by atoms with Gasteiger partial charge in [-0.1, -0.05) is 47.1 Å². The standard InChI is InChI=1S/C21H23ClFN5O3S2/c1-14-6-8-16(9-7-14)33(30,31)28(12-17-18(22)4-3-5-19(17)23)13-20(29)24-10-11-32-21-25-15(2)26-27-21/h3-9H,10-13H2,1-2H3,(H,24,29)(H,25,26,27). The van der Waals surface area contributed by atoms with E-state index in [1.165, 1.54) is 42.1 Å². The lowest BCUT2D eigenvalue weighted by atomic mass is 10.2. The van der Waals surface area contributed by atoms with Gasteiger partial charge in [0.1, 0.15) is 11.6 Å². The van der Waals surface area contributed by atoms with Crippen molar-refractivity contribution in [3.8, 4) is 0 Å². The molecule has 2 N–H and O–H groups in total. The Bertz CT molecular complexity index is 1200. The zero-order chi connectivity index (χ0) is 24.0. The van der Waals surface area contributed by atoms with Gasteiger partial charge in [-0.25, -0.2) is 17.8 Å². The van der Waals surface area contributed by atoms with Crippen molar-refractivity contribution in [2.24, 2.45) is 0 Å². The third-order valence-electron chi connectivity index (χ3n) is 4.61. The molecule has 0 spiro atoms. The van der Waals surface area contributed by atoms with Crippen LogP contribution in [0, 0.1) is 19.7 Å². The largest absolute Gasteiger partial charge is 0.354 e. The minimum atomic E-state index is -4.10. The van der Waals surface area contributed by atoms with Gasteiger partial charge in [0.2, 0.25) is 21.1 Å². The molecule has 0 aliphatic rings. The summed E-state index contributed by atoms with van der Waals surface area (Å²) in [6.45, 7) is 3.00. The Labute approximate surface area is 201 Å². The van der Waals surface area contributed by atoms with Crippen LogP contribution in [0.15, 0.2) is 52.5 Å². The average Bonchev–Trinajstić information content (AvgIpc) is 3.18. The fourth-order valence-corrected chi connectivity index (χ4v) is 5.17. The molecule has 1 heterocycles. The average molecular weight is 512 g/mol. The van der Waals surface area contributed by atoms with Gasteiger partial charge in [-0.15, -0.1) is 5.10 Å². The Balaban J connectivity index is 1.73. The lowest BCUT2D eigenvalue weighted by Crippen LogP contribution is -2.41. The van der Waals surface area contributed by atoms with Crippen molar-refractivity contribution in [2.75, 3.05) is 18.8 Å². The molecule has 12 heteroatoms. The highest BCUT2D eigenvalue weighted by Crippen LogP contribution is 2.24. The van der Waals surface area contributed by atoms with Crippen LogP contribution in [0.4, 0.5) is 4.39 Å². The van der Waals surface area contributed by atoms with Crippen molar-refractivity contribution in [3.05, 3.63) is 70.3 Å². The molecule has 0 aliphatic heterocycles. The van der Waals surface area contributed by atoms with Crippen molar-refractivity contribution >= 4 is 39.3 Å². The molecule has 1 amide bonds. The molecule has 0 unspecified atom stereocenters. The maximum absolute atomic E-state index is 14.4. The number of aryl methyl sites for hydroxylation is 2. The predicted octanol–water partition coefficient (Wildman–Crippen LogP) is 3.31. The van der Waals surface area contributed by atoms with E-state index in [0.29, 0.717) is 16.7 Å². The number of carbonyl (C=O) groups excluding carboxylic acids is 1. The summed E-state index contributed by atoms with van der Waals surface area (Å²) in [6, 6.07) is 10.3. The zero-order valence-corrected chi connectivity index (χ0v) is 20.4. The van der Waals surface area contributed by atoms with E-state index in [-0.39, 0.29) is 28.6 Å². The van der Waals surface area contributed by atoms with E-state index >= 15 is 0 Å². The molecular formula is C21H23ClFN5O3S2. The van der Waals surface area contributed by atoms with Crippen LogP contribution in [-0.2, 0) is 21.4 Å². The number of hydrogen-bond donors (Lipinski definition) is 2. The molecule has 3 rings (SSSR count). The number of nitrogens with one attached hydrogen (secondary N) is 2. The molecule has 0 fully saturated rings. The number of rotatable bonds is 10. The highest BCUT2D eigenvalue weighted by molar-refractivity contribution is 7.99. The number of halogens is 2. The van der Waals surface area contributed by atoms with Crippen LogP contribution < -0.4 is 5.32 Å². The van der Waals surface area contributed by atoms with Crippen LogP contribution in [0.5, 0.6) is 0 Å². The number of nitrogens with zero attached hydrogens (tertiary/aromatic N) is 3. The van der Waals surface area contributed by atoms with E-state index in [0.717, 1.165) is 9.87 Å². The van der Waals surface area contributed by atoms with E-state index in [1.807, 2.05) is 6.92 Å². The summed E-state index contributed by atoms with van der Waals surface area (Å²) >= 11 is 7.46. The second-order valence-electron chi connectivity index (χ2n) is 7.19. The number of carbonyl (C=O) groups is 1. The summed E-state index contributed by atoms with van der Waals surface area (Å²) < 4.78 is 41.9. The van der Waals surface area contributed by atoms with Gasteiger partial charge in [0.05, 0.1) is 11.4 Å². The number of sulfonamides is 1. The molecule has 2 aromatic carbocycles. The second kappa shape index (κ2) is 11.1. The quantitative estimate of drug-likeness (QED) is 0.319. The molecule has 0 atom stereocenters. The summed E-state index contributed by atoms with van der Waals surface area (Å²) in [4.78, 5) is 16.7. The van der Waals surface area contributed by atoms with Gasteiger partial charge in [-0.05, 0) is 38.1 Å². The third-order valence-corrected chi connectivity index (χ3v) is 7.62. The molecule has 0 bridgehead atoms. The van der Waals surface area contributed by atoms with Gasteiger partial charge < -0.3 is 5.32 Å². The van der Waals surface area contributed by atoms with E-state index in [9.17, 15) is 17.6 Å². The van der Waals surface area contributed by atoms with Crippen LogP contribution in [0.2, 0.25) is 5.02 Å². The van der Waals surface area contributed by atoms with Crippen LogP contribution >= 0.6 is 23.4 Å². The van der Waals surface area contributed by atoms with Gasteiger partial charge in [0.15, 0.2) is 0 Å². The first-order valence-corrected chi connectivity index (χ1v) is 12.8. The molecule has 33 heavy (non-hydrogen) atoms. The molecular weight excluding hydrogens is 489 g/mol. The number of aromatic nitrogens is 3. The molecule has 0 radical (unpaired) electrons. The Hall–Kier alpha value is -2.47.